The average Bonchev–Trinajstić information content (AvgIpc) is 2.59. The number of nitro groups is 1. The maximum absolute atomic E-state index is 11.8. The summed E-state index contributed by atoms with van der Waals surface area (Å²) in [4.78, 5) is 43.5. The molecule has 9 nitrogen and oxygen atoms in total. The highest BCUT2D eigenvalue weighted by Gasteiger charge is 2.54. The lowest BCUT2D eigenvalue weighted by atomic mass is 9.70. The van der Waals surface area contributed by atoms with Gasteiger partial charge in [-0.2, -0.15) is 4.89 Å². The van der Waals surface area contributed by atoms with Crippen molar-refractivity contribution >= 4 is 17.6 Å². The third-order valence-corrected chi connectivity index (χ3v) is 4.38. The number of para-hydroxylation sites is 1. The Labute approximate surface area is 144 Å². The van der Waals surface area contributed by atoms with E-state index in [4.69, 9.17) is 4.89 Å². The maximum atomic E-state index is 11.8. The number of hydrogen-bond donors (Lipinski definition) is 2. The SMILES string of the molecule is CC(CO)C1NC(=O)C1(C)COOC(=O)Cc1ccccc1[N+](=O)[O-]. The van der Waals surface area contributed by atoms with Crippen LogP contribution in [0, 0.1) is 21.4 Å². The predicted molar refractivity (Wildman–Crippen MR) is 85.1 cm³/mol. The van der Waals surface area contributed by atoms with Gasteiger partial charge in [-0.05, 0) is 6.92 Å². The van der Waals surface area contributed by atoms with Gasteiger partial charge in [0.15, 0.2) is 0 Å². The zero-order valence-corrected chi connectivity index (χ0v) is 13.9. The van der Waals surface area contributed by atoms with Crippen LogP contribution in [0.4, 0.5) is 5.69 Å². The van der Waals surface area contributed by atoms with E-state index >= 15 is 0 Å². The summed E-state index contributed by atoms with van der Waals surface area (Å²) in [5.74, 6) is -1.23. The Morgan fingerprint density at radius 2 is 2.16 bits per heavy atom. The van der Waals surface area contributed by atoms with Crippen molar-refractivity contribution in [2.75, 3.05) is 13.2 Å². The van der Waals surface area contributed by atoms with Gasteiger partial charge in [-0.3, -0.25) is 19.8 Å². The molecule has 136 valence electrons. The number of β-lactam (4-membered cyclic amide) rings is 1. The molecule has 0 aromatic heterocycles. The lowest BCUT2D eigenvalue weighted by Crippen LogP contribution is -2.70. The highest BCUT2D eigenvalue weighted by molar-refractivity contribution is 5.90. The van der Waals surface area contributed by atoms with Gasteiger partial charge in [-0.25, -0.2) is 4.79 Å². The van der Waals surface area contributed by atoms with E-state index in [2.05, 4.69) is 10.2 Å². The third-order valence-electron chi connectivity index (χ3n) is 4.38. The smallest absolute Gasteiger partial charge is 0.346 e. The van der Waals surface area contributed by atoms with E-state index < -0.39 is 16.3 Å². The first-order valence-electron chi connectivity index (χ1n) is 7.76. The number of aliphatic hydroxyl groups is 1. The molecule has 1 saturated heterocycles. The van der Waals surface area contributed by atoms with Crippen LogP contribution in [0.2, 0.25) is 0 Å². The summed E-state index contributed by atoms with van der Waals surface area (Å²) in [6, 6.07) is 5.54. The second-order valence-corrected chi connectivity index (χ2v) is 6.31. The molecule has 1 amide bonds. The highest BCUT2D eigenvalue weighted by Crippen LogP contribution is 2.35. The summed E-state index contributed by atoms with van der Waals surface area (Å²) in [7, 11) is 0. The van der Waals surface area contributed by atoms with Gasteiger partial charge in [-0.1, -0.05) is 25.1 Å². The van der Waals surface area contributed by atoms with E-state index in [0.29, 0.717) is 0 Å². The fourth-order valence-electron chi connectivity index (χ4n) is 2.80. The Morgan fingerprint density at radius 1 is 1.48 bits per heavy atom. The van der Waals surface area contributed by atoms with Crippen molar-refractivity contribution in [3.05, 3.63) is 39.9 Å². The monoisotopic (exact) mass is 352 g/mol. The van der Waals surface area contributed by atoms with E-state index in [0.717, 1.165) is 0 Å². The number of nitrogens with one attached hydrogen (secondary N) is 1. The number of benzene rings is 1. The Hall–Kier alpha value is -2.52. The maximum Gasteiger partial charge on any atom is 0.346 e. The molecule has 3 unspecified atom stereocenters. The van der Waals surface area contributed by atoms with E-state index in [1.54, 1.807) is 19.9 Å². The van der Waals surface area contributed by atoms with Crippen molar-refractivity contribution in [2.24, 2.45) is 11.3 Å². The molecule has 1 aromatic rings. The fraction of sp³-hybridized carbons (Fsp3) is 0.500. The van der Waals surface area contributed by atoms with Crippen molar-refractivity contribution < 1.29 is 29.4 Å². The van der Waals surface area contributed by atoms with E-state index in [-0.39, 0.29) is 48.8 Å². The number of carbonyl (C=O) groups is 2. The lowest BCUT2D eigenvalue weighted by molar-refractivity contribution is -0.385. The molecule has 0 spiro atoms. The van der Waals surface area contributed by atoms with Crippen LogP contribution in [-0.2, 0) is 25.8 Å². The van der Waals surface area contributed by atoms with Crippen molar-refractivity contribution in [1.82, 2.24) is 5.32 Å². The number of nitro benzene ring substituents is 1. The minimum atomic E-state index is -0.916. The number of hydrogen-bond acceptors (Lipinski definition) is 7. The zero-order chi connectivity index (χ0) is 18.6. The van der Waals surface area contributed by atoms with Crippen LogP contribution >= 0.6 is 0 Å². The van der Waals surface area contributed by atoms with Crippen molar-refractivity contribution in [3.8, 4) is 0 Å². The van der Waals surface area contributed by atoms with E-state index in [1.165, 1.54) is 18.2 Å². The molecule has 1 aliphatic rings. The van der Waals surface area contributed by atoms with Crippen molar-refractivity contribution in [3.63, 3.8) is 0 Å². The van der Waals surface area contributed by atoms with Crippen LogP contribution in [0.15, 0.2) is 24.3 Å². The van der Waals surface area contributed by atoms with Gasteiger partial charge in [0.05, 0.1) is 22.8 Å². The Balaban J connectivity index is 1.89. The molecule has 0 radical (unpaired) electrons. The molecule has 1 aromatic carbocycles. The number of nitrogens with zero attached hydrogens (tertiary/aromatic N) is 1. The summed E-state index contributed by atoms with van der Waals surface area (Å²) in [6.45, 7) is 3.16. The molecule has 2 N–H and O–H groups in total. The zero-order valence-electron chi connectivity index (χ0n) is 13.9. The van der Waals surface area contributed by atoms with Gasteiger partial charge in [0.1, 0.15) is 6.61 Å². The summed E-state index contributed by atoms with van der Waals surface area (Å²) in [5.41, 5.74) is -0.886. The molecule has 9 heteroatoms. The number of amides is 1. The van der Waals surface area contributed by atoms with Gasteiger partial charge >= 0.3 is 5.97 Å². The molecule has 1 aliphatic heterocycles. The van der Waals surface area contributed by atoms with E-state index in [9.17, 15) is 24.8 Å². The minimum absolute atomic E-state index is 0.0992. The van der Waals surface area contributed by atoms with Crippen molar-refractivity contribution in [1.29, 1.82) is 0 Å². The molecular weight excluding hydrogens is 332 g/mol. The second-order valence-electron chi connectivity index (χ2n) is 6.31. The summed E-state index contributed by atoms with van der Waals surface area (Å²) in [5, 5.41) is 22.8. The van der Waals surface area contributed by atoms with E-state index in [1.807, 2.05) is 0 Å². The van der Waals surface area contributed by atoms with Gasteiger partial charge in [0.2, 0.25) is 5.91 Å². The molecular formula is C16H20N2O7. The number of aliphatic hydroxyl groups excluding tert-OH is 1. The predicted octanol–water partition coefficient (Wildman–Crippen LogP) is 0.745. The van der Waals surface area contributed by atoms with Crippen molar-refractivity contribution in [2.45, 2.75) is 26.3 Å². The first kappa shape index (κ1) is 18.8. The Bertz CT molecular complexity index is 678. The normalized spacial score (nSPS) is 23.3. The summed E-state index contributed by atoms with van der Waals surface area (Å²) < 4.78 is 0. The topological polar surface area (TPSA) is 128 Å². The first-order valence-corrected chi connectivity index (χ1v) is 7.76. The Morgan fingerprint density at radius 3 is 2.76 bits per heavy atom. The largest absolute Gasteiger partial charge is 0.396 e. The fourth-order valence-corrected chi connectivity index (χ4v) is 2.80. The van der Waals surface area contributed by atoms with Crippen LogP contribution < -0.4 is 5.32 Å². The lowest BCUT2D eigenvalue weighted by Gasteiger charge is -2.48. The molecule has 25 heavy (non-hydrogen) atoms. The number of rotatable bonds is 8. The molecule has 0 aliphatic carbocycles. The molecule has 0 bridgehead atoms. The van der Waals surface area contributed by atoms with Crippen LogP contribution in [0.3, 0.4) is 0 Å². The molecule has 1 fully saturated rings. The van der Waals surface area contributed by atoms with Crippen LogP contribution in [0.25, 0.3) is 0 Å². The van der Waals surface area contributed by atoms with Gasteiger partial charge in [0, 0.05) is 24.2 Å². The summed E-state index contributed by atoms with van der Waals surface area (Å²) >= 11 is 0. The third kappa shape index (κ3) is 3.94. The molecule has 1 heterocycles. The van der Waals surface area contributed by atoms with Gasteiger partial charge < -0.3 is 10.4 Å². The second kappa shape index (κ2) is 7.58. The highest BCUT2D eigenvalue weighted by atomic mass is 17.2. The Kier molecular flexibility index (Phi) is 5.70. The first-order chi connectivity index (χ1) is 11.8. The number of carbonyl (C=O) groups excluding carboxylic acids is 2. The standard InChI is InChI=1S/C16H20N2O7/c1-10(8-19)14-16(2,15(21)17-14)9-24-25-13(20)7-11-5-3-4-6-12(11)18(22)23/h3-6,10,14,19H,7-9H2,1-2H3,(H,17,21). The van der Waals surface area contributed by atoms with Crippen LogP contribution in [0.5, 0.6) is 0 Å². The average molecular weight is 352 g/mol. The van der Waals surface area contributed by atoms with Gasteiger partial charge in [-0.15, -0.1) is 0 Å². The molecule has 3 atom stereocenters. The van der Waals surface area contributed by atoms with Gasteiger partial charge in [0.25, 0.3) is 5.69 Å². The summed E-state index contributed by atoms with van der Waals surface area (Å²) in [6.07, 6.45) is -0.323. The molecule has 2 rings (SSSR count). The van der Waals surface area contributed by atoms with Crippen LogP contribution in [0.1, 0.15) is 19.4 Å². The van der Waals surface area contributed by atoms with Crippen LogP contribution in [-0.4, -0.2) is 41.2 Å². The minimum Gasteiger partial charge on any atom is -0.396 e. The quantitative estimate of drug-likeness (QED) is 0.306. The molecule has 0 saturated carbocycles.